The SMILES string of the molecule is C=C1C(=O)C23CC1CC(O)C2C1(C)CC(O)C(OC(C)=O)C(C)(C)C1C(OC(C)=O)C3OC(C)=O. The molecule has 0 radical (unpaired) electrons. The molecule has 9 heteroatoms. The van der Waals surface area contributed by atoms with E-state index in [1.165, 1.54) is 20.8 Å². The van der Waals surface area contributed by atoms with Crippen LogP contribution in [0, 0.1) is 34.0 Å². The Labute approximate surface area is 205 Å². The Bertz CT molecular complexity index is 985. The number of esters is 3. The fourth-order valence-electron chi connectivity index (χ4n) is 8.70. The van der Waals surface area contributed by atoms with Gasteiger partial charge in [0.1, 0.15) is 12.2 Å². The minimum atomic E-state index is -1.35. The van der Waals surface area contributed by atoms with Gasteiger partial charge in [0.05, 0.1) is 17.6 Å². The first-order chi connectivity index (χ1) is 16.1. The number of carbonyl (C=O) groups excluding carboxylic acids is 4. The second-order valence-corrected chi connectivity index (χ2v) is 11.8. The van der Waals surface area contributed by atoms with Gasteiger partial charge in [-0.25, -0.2) is 0 Å². The van der Waals surface area contributed by atoms with Crippen LogP contribution in [0.2, 0.25) is 0 Å². The Kier molecular flexibility index (Phi) is 6.00. The fraction of sp³-hybridized carbons (Fsp3) is 0.769. The average Bonchev–Trinajstić information content (AvgIpc) is 2.88. The second kappa shape index (κ2) is 8.13. The van der Waals surface area contributed by atoms with Crippen molar-refractivity contribution in [1.82, 2.24) is 0 Å². The van der Waals surface area contributed by atoms with Crippen molar-refractivity contribution in [2.24, 2.45) is 34.0 Å². The zero-order valence-electron chi connectivity index (χ0n) is 21.2. The summed E-state index contributed by atoms with van der Waals surface area (Å²) in [4.78, 5) is 50.6. The van der Waals surface area contributed by atoms with E-state index < -0.39 is 76.5 Å². The highest BCUT2D eigenvalue weighted by Crippen LogP contribution is 2.72. The molecule has 1 spiro atoms. The largest absolute Gasteiger partial charge is 0.459 e. The zero-order valence-corrected chi connectivity index (χ0v) is 21.2. The van der Waals surface area contributed by atoms with Gasteiger partial charge in [-0.2, -0.15) is 0 Å². The van der Waals surface area contributed by atoms with Crippen LogP contribution in [0.25, 0.3) is 0 Å². The molecular weight excluding hydrogens is 456 g/mol. The van der Waals surface area contributed by atoms with Crippen LogP contribution >= 0.6 is 0 Å². The van der Waals surface area contributed by atoms with Gasteiger partial charge in [0.2, 0.25) is 0 Å². The fourth-order valence-corrected chi connectivity index (χ4v) is 8.70. The maximum atomic E-state index is 13.9. The van der Waals surface area contributed by atoms with Crippen molar-refractivity contribution in [2.75, 3.05) is 0 Å². The topological polar surface area (TPSA) is 136 Å². The number of aliphatic hydroxyl groups excluding tert-OH is 2. The number of hydrogen-bond acceptors (Lipinski definition) is 9. The highest BCUT2D eigenvalue weighted by atomic mass is 16.6. The summed E-state index contributed by atoms with van der Waals surface area (Å²) < 4.78 is 17.3. The molecule has 0 heterocycles. The van der Waals surface area contributed by atoms with Gasteiger partial charge in [0, 0.05) is 38.0 Å². The normalized spacial score (nSPS) is 45.7. The Balaban J connectivity index is 2.00. The molecule has 0 aliphatic heterocycles. The molecule has 194 valence electrons. The number of allylic oxidation sites excluding steroid dienone is 1. The minimum Gasteiger partial charge on any atom is -0.459 e. The van der Waals surface area contributed by atoms with Crippen LogP contribution in [-0.4, -0.2) is 64.4 Å². The summed E-state index contributed by atoms with van der Waals surface area (Å²) in [5, 5.41) is 22.7. The molecular formula is C26H36O9. The lowest BCUT2D eigenvalue weighted by Gasteiger charge is -2.68. The van der Waals surface area contributed by atoms with Crippen molar-refractivity contribution in [3.05, 3.63) is 12.2 Å². The first kappa shape index (κ1) is 25.8. The molecule has 0 aromatic carbocycles. The monoisotopic (exact) mass is 492 g/mol. The lowest BCUT2D eigenvalue weighted by molar-refractivity contribution is -0.299. The van der Waals surface area contributed by atoms with E-state index in [0.717, 1.165) is 0 Å². The van der Waals surface area contributed by atoms with Crippen molar-refractivity contribution in [3.63, 3.8) is 0 Å². The molecule has 2 bridgehead atoms. The predicted octanol–water partition coefficient (Wildman–Crippen LogP) is 1.72. The van der Waals surface area contributed by atoms with E-state index in [0.29, 0.717) is 18.4 Å². The van der Waals surface area contributed by atoms with Crippen LogP contribution in [0.1, 0.15) is 60.8 Å². The maximum absolute atomic E-state index is 13.9. The van der Waals surface area contributed by atoms with Gasteiger partial charge >= 0.3 is 17.9 Å². The molecule has 35 heavy (non-hydrogen) atoms. The molecule has 4 saturated carbocycles. The molecule has 2 N–H and O–H groups in total. The number of carbonyl (C=O) groups is 4. The minimum absolute atomic E-state index is 0.0947. The molecule has 0 aromatic heterocycles. The Morgan fingerprint density at radius 2 is 1.40 bits per heavy atom. The zero-order chi connectivity index (χ0) is 26.2. The van der Waals surface area contributed by atoms with Crippen molar-refractivity contribution in [2.45, 2.75) is 91.3 Å². The van der Waals surface area contributed by atoms with Gasteiger partial charge in [-0.1, -0.05) is 27.4 Å². The van der Waals surface area contributed by atoms with Crippen LogP contribution in [0.4, 0.5) is 0 Å². The molecule has 4 rings (SSSR count). The van der Waals surface area contributed by atoms with Gasteiger partial charge in [-0.05, 0) is 36.2 Å². The van der Waals surface area contributed by atoms with Crippen molar-refractivity contribution in [3.8, 4) is 0 Å². The first-order valence-electron chi connectivity index (χ1n) is 12.2. The summed E-state index contributed by atoms with van der Waals surface area (Å²) in [6, 6.07) is 0. The summed E-state index contributed by atoms with van der Waals surface area (Å²) in [6.45, 7) is 13.2. The first-order valence-corrected chi connectivity index (χ1v) is 12.2. The Hall–Kier alpha value is -2.26. The van der Waals surface area contributed by atoms with E-state index in [9.17, 15) is 29.4 Å². The quantitative estimate of drug-likeness (QED) is 0.343. The molecule has 10 atom stereocenters. The Morgan fingerprint density at radius 3 is 1.94 bits per heavy atom. The maximum Gasteiger partial charge on any atom is 0.303 e. The van der Waals surface area contributed by atoms with E-state index >= 15 is 0 Å². The summed E-state index contributed by atoms with van der Waals surface area (Å²) in [5.74, 6) is -3.72. The lowest BCUT2D eigenvalue weighted by Crippen LogP contribution is -2.75. The van der Waals surface area contributed by atoms with E-state index in [4.69, 9.17) is 14.2 Å². The highest BCUT2D eigenvalue weighted by Gasteiger charge is 2.78. The van der Waals surface area contributed by atoms with E-state index in [1.54, 1.807) is 13.8 Å². The van der Waals surface area contributed by atoms with Crippen molar-refractivity contribution >= 4 is 23.7 Å². The van der Waals surface area contributed by atoms with Gasteiger partial charge in [-0.15, -0.1) is 0 Å². The van der Waals surface area contributed by atoms with Crippen molar-refractivity contribution < 1.29 is 43.6 Å². The third-order valence-corrected chi connectivity index (χ3v) is 9.23. The Morgan fingerprint density at radius 1 is 0.857 bits per heavy atom. The average molecular weight is 493 g/mol. The predicted molar refractivity (Wildman–Crippen MR) is 121 cm³/mol. The number of aliphatic hydroxyl groups is 2. The van der Waals surface area contributed by atoms with Crippen LogP contribution in [-0.2, 0) is 33.4 Å². The van der Waals surface area contributed by atoms with Crippen molar-refractivity contribution in [1.29, 1.82) is 0 Å². The van der Waals surface area contributed by atoms with Gasteiger partial charge in [0.25, 0.3) is 0 Å². The molecule has 0 saturated heterocycles. The summed E-state index contributed by atoms with van der Waals surface area (Å²) in [5.41, 5.74) is -2.88. The molecule has 4 fully saturated rings. The number of ketones is 1. The molecule has 9 nitrogen and oxygen atoms in total. The third-order valence-electron chi connectivity index (χ3n) is 9.23. The van der Waals surface area contributed by atoms with Gasteiger partial charge < -0.3 is 24.4 Å². The van der Waals surface area contributed by atoms with E-state index in [-0.39, 0.29) is 18.1 Å². The standard InChI is InChI=1S/C26H36O9/c1-11-15-8-16(30)19-25(7)10-17(31)22(34-13(3)28)24(5,6)20(25)18(33-12(2)27)23(35-14(4)29)26(19,9-15)21(11)32/h15-20,22-23,30-31H,1,8-10H2,2-7H3. The highest BCUT2D eigenvalue weighted by molar-refractivity contribution is 6.04. The van der Waals surface area contributed by atoms with E-state index in [1.807, 2.05) is 6.92 Å². The number of rotatable bonds is 3. The van der Waals surface area contributed by atoms with Crippen LogP contribution in [0.15, 0.2) is 12.2 Å². The molecule has 4 aliphatic rings. The van der Waals surface area contributed by atoms with Gasteiger partial charge in [-0.3, -0.25) is 19.2 Å². The number of fused-ring (bicyclic) bond motifs is 3. The number of ether oxygens (including phenoxy) is 3. The number of hydrogen-bond donors (Lipinski definition) is 2. The summed E-state index contributed by atoms with van der Waals surface area (Å²) >= 11 is 0. The summed E-state index contributed by atoms with van der Waals surface area (Å²) in [6.07, 6.45) is -4.46. The number of Topliss-reactive ketones (excluding diaryl/α,β-unsaturated/α-hetero) is 1. The lowest BCUT2D eigenvalue weighted by atomic mass is 9.38. The van der Waals surface area contributed by atoms with Crippen LogP contribution < -0.4 is 0 Å². The molecule has 0 aromatic rings. The smallest absolute Gasteiger partial charge is 0.303 e. The van der Waals surface area contributed by atoms with Crippen LogP contribution in [0.3, 0.4) is 0 Å². The summed E-state index contributed by atoms with van der Waals surface area (Å²) in [7, 11) is 0. The molecule has 10 unspecified atom stereocenters. The third kappa shape index (κ3) is 3.49. The molecule has 4 aliphatic carbocycles. The second-order valence-electron chi connectivity index (χ2n) is 11.8. The van der Waals surface area contributed by atoms with Crippen LogP contribution in [0.5, 0.6) is 0 Å². The molecule has 0 amide bonds. The van der Waals surface area contributed by atoms with Gasteiger partial charge in [0.15, 0.2) is 11.9 Å². The van der Waals surface area contributed by atoms with E-state index in [2.05, 4.69) is 6.58 Å².